The summed E-state index contributed by atoms with van der Waals surface area (Å²) in [6, 6.07) is 11.9. The van der Waals surface area contributed by atoms with Crippen molar-refractivity contribution in [2.75, 3.05) is 0 Å². The van der Waals surface area contributed by atoms with Crippen LogP contribution < -0.4 is 9.47 Å². The SMILES string of the molecule is Cc1ccc2c(c1)Oc1c(C)cccc1O2. The molecule has 0 N–H and O–H groups in total. The number of benzene rings is 2. The lowest BCUT2D eigenvalue weighted by molar-refractivity contribution is 0.357. The molecule has 2 nitrogen and oxygen atoms in total. The van der Waals surface area contributed by atoms with E-state index in [1.54, 1.807) is 0 Å². The molecular formula is C14H12O2. The molecule has 2 aromatic rings. The van der Waals surface area contributed by atoms with Crippen LogP contribution in [0.5, 0.6) is 23.0 Å². The molecule has 0 atom stereocenters. The molecule has 0 saturated carbocycles. The number of para-hydroxylation sites is 1. The van der Waals surface area contributed by atoms with Gasteiger partial charge in [-0.2, -0.15) is 0 Å². The molecule has 2 heteroatoms. The van der Waals surface area contributed by atoms with E-state index in [9.17, 15) is 0 Å². The van der Waals surface area contributed by atoms with E-state index >= 15 is 0 Å². The first-order valence-corrected chi connectivity index (χ1v) is 5.30. The summed E-state index contributed by atoms with van der Waals surface area (Å²) in [5.74, 6) is 3.18. The van der Waals surface area contributed by atoms with Crippen LogP contribution in [0.1, 0.15) is 11.1 Å². The zero-order chi connectivity index (χ0) is 11.1. The van der Waals surface area contributed by atoms with Gasteiger partial charge in [-0.1, -0.05) is 18.2 Å². The Balaban J connectivity index is 2.13. The van der Waals surface area contributed by atoms with Gasteiger partial charge in [0.1, 0.15) is 0 Å². The van der Waals surface area contributed by atoms with Crippen molar-refractivity contribution < 1.29 is 9.47 Å². The summed E-state index contributed by atoms with van der Waals surface area (Å²) in [6.07, 6.45) is 0. The summed E-state index contributed by atoms with van der Waals surface area (Å²) in [5.41, 5.74) is 2.25. The molecule has 1 aliphatic rings. The molecule has 16 heavy (non-hydrogen) atoms. The van der Waals surface area contributed by atoms with Crippen LogP contribution in [0.15, 0.2) is 36.4 Å². The summed E-state index contributed by atoms with van der Waals surface area (Å²) in [7, 11) is 0. The summed E-state index contributed by atoms with van der Waals surface area (Å²) < 4.78 is 11.7. The number of ether oxygens (including phenoxy) is 2. The van der Waals surface area contributed by atoms with Gasteiger partial charge in [-0.15, -0.1) is 0 Å². The van der Waals surface area contributed by atoms with Crippen molar-refractivity contribution in [2.24, 2.45) is 0 Å². The molecule has 0 spiro atoms. The molecule has 1 heterocycles. The number of aryl methyl sites for hydroxylation is 2. The predicted molar refractivity (Wildman–Crippen MR) is 62.5 cm³/mol. The van der Waals surface area contributed by atoms with Crippen LogP contribution in [0.25, 0.3) is 0 Å². The fourth-order valence-electron chi connectivity index (χ4n) is 1.84. The minimum Gasteiger partial charge on any atom is -0.450 e. The van der Waals surface area contributed by atoms with Crippen LogP contribution in [0.3, 0.4) is 0 Å². The molecule has 0 aliphatic carbocycles. The molecule has 0 unspecified atom stereocenters. The Bertz CT molecular complexity index is 559. The normalized spacial score (nSPS) is 12.1. The van der Waals surface area contributed by atoms with E-state index in [1.165, 1.54) is 5.56 Å². The topological polar surface area (TPSA) is 18.5 Å². The maximum atomic E-state index is 5.86. The third-order valence-electron chi connectivity index (χ3n) is 2.71. The van der Waals surface area contributed by atoms with Crippen LogP contribution in [-0.4, -0.2) is 0 Å². The van der Waals surface area contributed by atoms with Crippen molar-refractivity contribution in [3.8, 4) is 23.0 Å². The summed E-state index contributed by atoms with van der Waals surface area (Å²) in [4.78, 5) is 0. The zero-order valence-electron chi connectivity index (χ0n) is 9.28. The molecular weight excluding hydrogens is 200 g/mol. The minimum absolute atomic E-state index is 0.781. The van der Waals surface area contributed by atoms with Gasteiger partial charge in [-0.05, 0) is 43.2 Å². The van der Waals surface area contributed by atoms with Gasteiger partial charge in [-0.3, -0.25) is 0 Å². The Kier molecular flexibility index (Phi) is 1.90. The molecule has 3 rings (SSSR count). The van der Waals surface area contributed by atoms with E-state index in [2.05, 4.69) is 0 Å². The van der Waals surface area contributed by atoms with Crippen LogP contribution >= 0.6 is 0 Å². The second kappa shape index (κ2) is 3.27. The monoisotopic (exact) mass is 212 g/mol. The highest BCUT2D eigenvalue weighted by Gasteiger charge is 2.19. The summed E-state index contributed by atoms with van der Waals surface area (Å²) in [5, 5.41) is 0. The molecule has 0 aromatic heterocycles. The maximum absolute atomic E-state index is 5.86. The molecule has 80 valence electrons. The second-order valence-corrected chi connectivity index (χ2v) is 4.06. The highest BCUT2D eigenvalue weighted by atomic mass is 16.6. The van der Waals surface area contributed by atoms with E-state index < -0.39 is 0 Å². The number of hydrogen-bond acceptors (Lipinski definition) is 2. The molecule has 1 aliphatic heterocycles. The third kappa shape index (κ3) is 1.34. The van der Waals surface area contributed by atoms with Gasteiger partial charge in [-0.25, -0.2) is 0 Å². The first-order valence-electron chi connectivity index (χ1n) is 5.30. The highest BCUT2D eigenvalue weighted by molar-refractivity contribution is 5.57. The predicted octanol–water partition coefficient (Wildman–Crippen LogP) is 4.20. The van der Waals surface area contributed by atoms with Crippen LogP contribution in [0.2, 0.25) is 0 Å². The molecule has 0 radical (unpaired) electrons. The summed E-state index contributed by atoms with van der Waals surface area (Å²) >= 11 is 0. The number of rotatable bonds is 0. The Morgan fingerprint density at radius 3 is 2.56 bits per heavy atom. The van der Waals surface area contributed by atoms with Gasteiger partial charge in [0, 0.05) is 0 Å². The van der Waals surface area contributed by atoms with Gasteiger partial charge in [0.05, 0.1) is 0 Å². The lowest BCUT2D eigenvalue weighted by Gasteiger charge is -2.22. The minimum atomic E-state index is 0.781. The van der Waals surface area contributed by atoms with Crippen molar-refractivity contribution in [3.05, 3.63) is 47.5 Å². The largest absolute Gasteiger partial charge is 0.450 e. The van der Waals surface area contributed by atoms with Crippen molar-refractivity contribution in [1.82, 2.24) is 0 Å². The zero-order valence-corrected chi connectivity index (χ0v) is 9.28. The van der Waals surface area contributed by atoms with Crippen molar-refractivity contribution in [3.63, 3.8) is 0 Å². The quantitative estimate of drug-likeness (QED) is 0.556. The molecule has 0 saturated heterocycles. The Labute approximate surface area is 94.4 Å². The van der Waals surface area contributed by atoms with Crippen LogP contribution in [-0.2, 0) is 0 Å². The van der Waals surface area contributed by atoms with E-state index in [-0.39, 0.29) is 0 Å². The fraction of sp³-hybridized carbons (Fsp3) is 0.143. The lowest BCUT2D eigenvalue weighted by atomic mass is 10.1. The van der Waals surface area contributed by atoms with E-state index in [1.807, 2.05) is 50.2 Å². The Hall–Kier alpha value is -1.96. The average Bonchev–Trinajstić information content (AvgIpc) is 2.28. The Morgan fingerprint density at radius 2 is 1.69 bits per heavy atom. The van der Waals surface area contributed by atoms with Crippen LogP contribution in [0, 0.1) is 13.8 Å². The Morgan fingerprint density at radius 1 is 0.812 bits per heavy atom. The smallest absolute Gasteiger partial charge is 0.173 e. The van der Waals surface area contributed by atoms with Gasteiger partial charge in [0.2, 0.25) is 0 Å². The molecule has 0 amide bonds. The first kappa shape index (κ1) is 9.28. The molecule has 0 fully saturated rings. The highest BCUT2D eigenvalue weighted by Crippen LogP contribution is 2.46. The second-order valence-electron chi connectivity index (χ2n) is 4.06. The van der Waals surface area contributed by atoms with Gasteiger partial charge >= 0.3 is 0 Å². The number of fused-ring (bicyclic) bond motifs is 2. The van der Waals surface area contributed by atoms with Crippen LogP contribution in [0.4, 0.5) is 0 Å². The molecule has 0 bridgehead atoms. The van der Waals surface area contributed by atoms with Gasteiger partial charge in [0.25, 0.3) is 0 Å². The fourth-order valence-corrected chi connectivity index (χ4v) is 1.84. The third-order valence-corrected chi connectivity index (χ3v) is 2.71. The van der Waals surface area contributed by atoms with Crippen molar-refractivity contribution >= 4 is 0 Å². The average molecular weight is 212 g/mol. The standard InChI is InChI=1S/C14H12O2/c1-9-6-7-11-13(8-9)16-14-10(2)4-3-5-12(14)15-11/h3-8H,1-2H3. The number of hydrogen-bond donors (Lipinski definition) is 0. The van der Waals surface area contributed by atoms with E-state index in [0.29, 0.717) is 0 Å². The summed E-state index contributed by atoms with van der Waals surface area (Å²) in [6.45, 7) is 4.06. The van der Waals surface area contributed by atoms with Crippen molar-refractivity contribution in [1.29, 1.82) is 0 Å². The first-order chi connectivity index (χ1) is 7.74. The van der Waals surface area contributed by atoms with Gasteiger partial charge < -0.3 is 9.47 Å². The maximum Gasteiger partial charge on any atom is 0.173 e. The lowest BCUT2D eigenvalue weighted by Crippen LogP contribution is -2.00. The molecule has 2 aromatic carbocycles. The van der Waals surface area contributed by atoms with Crippen molar-refractivity contribution in [2.45, 2.75) is 13.8 Å². The van der Waals surface area contributed by atoms with Gasteiger partial charge in [0.15, 0.2) is 23.0 Å². The van der Waals surface area contributed by atoms with E-state index in [4.69, 9.17) is 9.47 Å². The van der Waals surface area contributed by atoms with E-state index in [0.717, 1.165) is 28.6 Å².